The van der Waals surface area contributed by atoms with Gasteiger partial charge < -0.3 is 19.4 Å². The first kappa shape index (κ1) is 21.2. The quantitative estimate of drug-likeness (QED) is 0.730. The molecule has 1 aromatic heterocycles. The summed E-state index contributed by atoms with van der Waals surface area (Å²) < 4.78 is 12.4. The Hall–Kier alpha value is -2.06. The second-order valence-electron chi connectivity index (χ2n) is 10.6. The van der Waals surface area contributed by atoms with E-state index in [1.54, 1.807) is 4.90 Å². The predicted octanol–water partition coefficient (Wildman–Crippen LogP) is 3.88. The normalized spacial score (nSPS) is 26.0. The Morgan fingerprint density at radius 2 is 1.83 bits per heavy atom. The summed E-state index contributed by atoms with van der Waals surface area (Å²) in [7, 11) is -0.454. The summed E-state index contributed by atoms with van der Waals surface area (Å²) in [6.45, 7) is 14.9. The van der Waals surface area contributed by atoms with Crippen molar-refractivity contribution < 1.29 is 19.2 Å². The van der Waals surface area contributed by atoms with Crippen molar-refractivity contribution >= 4 is 29.7 Å². The van der Waals surface area contributed by atoms with E-state index in [4.69, 9.17) is 14.3 Å². The fourth-order valence-corrected chi connectivity index (χ4v) is 4.81. The van der Waals surface area contributed by atoms with Crippen molar-refractivity contribution in [2.45, 2.75) is 78.0 Å². The van der Waals surface area contributed by atoms with Gasteiger partial charge in [0.1, 0.15) is 11.4 Å². The van der Waals surface area contributed by atoms with Gasteiger partial charge in [-0.2, -0.15) is 0 Å². The van der Waals surface area contributed by atoms with Gasteiger partial charge in [0.05, 0.1) is 22.2 Å². The lowest BCUT2D eigenvalue weighted by Gasteiger charge is -2.45. The van der Waals surface area contributed by atoms with E-state index >= 15 is 0 Å². The molecule has 0 bridgehead atoms. The molecule has 0 saturated carbocycles. The first-order valence-corrected chi connectivity index (χ1v) is 10.6. The Morgan fingerprint density at radius 1 is 1.20 bits per heavy atom. The van der Waals surface area contributed by atoms with Crippen LogP contribution in [0.1, 0.15) is 67.1 Å². The van der Waals surface area contributed by atoms with Gasteiger partial charge in [-0.25, -0.2) is 9.78 Å². The van der Waals surface area contributed by atoms with Crippen LogP contribution < -0.4 is 5.46 Å². The molecule has 1 amide bonds. The summed E-state index contributed by atoms with van der Waals surface area (Å²) in [6.07, 6.45) is 0.660. The first-order chi connectivity index (χ1) is 13.8. The second-order valence-corrected chi connectivity index (χ2v) is 10.6. The minimum atomic E-state index is -0.902. The number of aromatic amines is 1. The van der Waals surface area contributed by atoms with Crippen molar-refractivity contribution in [1.29, 1.82) is 0 Å². The number of nitrogens with one attached hydrogen (secondary N) is 1. The van der Waals surface area contributed by atoms with Gasteiger partial charge in [-0.1, -0.05) is 26.8 Å². The lowest BCUT2D eigenvalue weighted by molar-refractivity contribution is 0.00578. The molecule has 162 valence electrons. The minimum absolute atomic E-state index is 0.315. The van der Waals surface area contributed by atoms with E-state index in [-0.39, 0.29) is 5.41 Å². The maximum absolute atomic E-state index is 12.1. The average Bonchev–Trinajstić information content (AvgIpc) is 3.28. The van der Waals surface area contributed by atoms with Crippen LogP contribution in [-0.4, -0.2) is 50.9 Å². The number of aromatic nitrogens is 2. The van der Waals surface area contributed by atoms with Gasteiger partial charge >= 0.3 is 13.2 Å². The topological polar surface area (TPSA) is 87.7 Å². The van der Waals surface area contributed by atoms with Gasteiger partial charge in [0.15, 0.2) is 0 Å². The van der Waals surface area contributed by atoms with E-state index in [0.717, 1.165) is 29.3 Å². The van der Waals surface area contributed by atoms with Crippen LogP contribution in [0.5, 0.6) is 0 Å². The summed E-state index contributed by atoms with van der Waals surface area (Å²) in [5.41, 5.74) is 0.765. The second kappa shape index (κ2) is 6.47. The van der Waals surface area contributed by atoms with Crippen LogP contribution >= 0.6 is 0 Å². The van der Waals surface area contributed by atoms with Crippen molar-refractivity contribution in [3.8, 4) is 0 Å². The standard InChI is InChI=1S/C22H32BN3O4/c1-19(2,3)22(11-8-12-26(22)18(27)28)17-24-15-10-9-14(13-16(15)25-17)23-29-20(4,5)21(6,7)30-23/h9-10,13H,8,11-12H2,1-7H3,(H,24,25)(H,27,28)/t22-/m1/s1. The molecule has 2 saturated heterocycles. The smallest absolute Gasteiger partial charge is 0.465 e. The number of hydrogen-bond donors (Lipinski definition) is 2. The summed E-state index contributed by atoms with van der Waals surface area (Å²) in [6, 6.07) is 5.93. The zero-order chi connectivity index (χ0) is 22.1. The van der Waals surface area contributed by atoms with Crippen molar-refractivity contribution in [2.75, 3.05) is 6.54 Å². The van der Waals surface area contributed by atoms with Gasteiger partial charge in [0, 0.05) is 6.54 Å². The molecule has 1 aromatic carbocycles. The minimum Gasteiger partial charge on any atom is -0.465 e. The zero-order valence-electron chi connectivity index (χ0n) is 19.0. The number of imidazole rings is 1. The van der Waals surface area contributed by atoms with Crippen molar-refractivity contribution in [1.82, 2.24) is 14.9 Å². The van der Waals surface area contributed by atoms with Crippen molar-refractivity contribution in [2.24, 2.45) is 5.41 Å². The molecule has 4 rings (SSSR count). The van der Waals surface area contributed by atoms with Crippen molar-refractivity contribution in [3.05, 3.63) is 24.0 Å². The molecule has 2 fully saturated rings. The molecule has 2 aliphatic rings. The molecule has 0 aliphatic carbocycles. The monoisotopic (exact) mass is 413 g/mol. The summed E-state index contributed by atoms with van der Waals surface area (Å²) >= 11 is 0. The molecule has 2 aromatic rings. The number of carbonyl (C=O) groups is 1. The first-order valence-electron chi connectivity index (χ1n) is 10.6. The molecule has 3 heterocycles. The maximum atomic E-state index is 12.1. The van der Waals surface area contributed by atoms with Gasteiger partial charge in [0.2, 0.25) is 0 Å². The number of likely N-dealkylation sites (tertiary alicyclic amines) is 1. The summed E-state index contributed by atoms with van der Waals surface area (Å²) in [4.78, 5) is 21.9. The van der Waals surface area contributed by atoms with E-state index in [9.17, 15) is 9.90 Å². The number of carboxylic acid groups (broad SMARTS) is 1. The Kier molecular flexibility index (Phi) is 4.57. The SMILES string of the molecule is CC1(C)OB(c2ccc3nc([C@@]4(C(C)(C)C)CCCN4C(=O)O)[nH]c3c2)OC1(C)C. The Balaban J connectivity index is 1.77. The van der Waals surface area contributed by atoms with Crippen LogP contribution in [0, 0.1) is 5.41 Å². The number of hydrogen-bond acceptors (Lipinski definition) is 4. The third-order valence-corrected chi connectivity index (χ3v) is 7.28. The Labute approximate surface area is 178 Å². The summed E-state index contributed by atoms with van der Waals surface area (Å²) in [5, 5.41) is 9.89. The van der Waals surface area contributed by atoms with E-state index in [1.807, 2.05) is 45.9 Å². The fraction of sp³-hybridized carbons (Fsp3) is 0.636. The lowest BCUT2D eigenvalue weighted by atomic mass is 9.71. The molecule has 7 nitrogen and oxygen atoms in total. The largest absolute Gasteiger partial charge is 0.494 e. The molecule has 8 heteroatoms. The summed E-state index contributed by atoms with van der Waals surface area (Å²) in [5.74, 6) is 0.705. The van der Waals surface area contributed by atoms with Crippen LogP contribution in [0.15, 0.2) is 18.2 Å². The van der Waals surface area contributed by atoms with E-state index in [2.05, 4.69) is 25.8 Å². The van der Waals surface area contributed by atoms with Crippen LogP contribution in [0.3, 0.4) is 0 Å². The molecular weight excluding hydrogens is 381 g/mol. The van der Waals surface area contributed by atoms with Gasteiger partial charge in [-0.3, -0.25) is 4.90 Å². The fourth-order valence-electron chi connectivity index (χ4n) is 4.81. The highest BCUT2D eigenvalue weighted by Gasteiger charge is 2.55. The van der Waals surface area contributed by atoms with Crippen LogP contribution in [0.2, 0.25) is 0 Å². The number of fused-ring (bicyclic) bond motifs is 1. The maximum Gasteiger partial charge on any atom is 0.494 e. The number of amides is 1. The van der Waals surface area contributed by atoms with Crippen LogP contribution in [0.25, 0.3) is 11.0 Å². The highest BCUT2D eigenvalue weighted by molar-refractivity contribution is 6.62. The molecule has 0 radical (unpaired) electrons. The van der Waals surface area contributed by atoms with Gasteiger partial charge in [0.25, 0.3) is 0 Å². The lowest BCUT2D eigenvalue weighted by Crippen LogP contribution is -2.53. The molecule has 30 heavy (non-hydrogen) atoms. The van der Waals surface area contributed by atoms with Gasteiger partial charge in [-0.05, 0) is 63.5 Å². The van der Waals surface area contributed by atoms with Crippen LogP contribution in [-0.2, 0) is 14.8 Å². The highest BCUT2D eigenvalue weighted by atomic mass is 16.7. The third kappa shape index (κ3) is 2.95. The van der Waals surface area contributed by atoms with E-state index in [0.29, 0.717) is 12.4 Å². The molecule has 0 spiro atoms. The number of benzene rings is 1. The number of rotatable bonds is 2. The Morgan fingerprint density at radius 3 is 2.40 bits per heavy atom. The molecule has 1 atom stereocenters. The molecule has 2 N–H and O–H groups in total. The van der Waals surface area contributed by atoms with E-state index < -0.39 is 30.0 Å². The van der Waals surface area contributed by atoms with Gasteiger partial charge in [-0.15, -0.1) is 0 Å². The third-order valence-electron chi connectivity index (χ3n) is 7.28. The predicted molar refractivity (Wildman–Crippen MR) is 117 cm³/mol. The average molecular weight is 413 g/mol. The Bertz CT molecular complexity index is 978. The zero-order valence-corrected chi connectivity index (χ0v) is 19.0. The number of H-pyrrole nitrogens is 1. The van der Waals surface area contributed by atoms with Crippen LogP contribution in [0.4, 0.5) is 4.79 Å². The van der Waals surface area contributed by atoms with Crippen molar-refractivity contribution in [3.63, 3.8) is 0 Å². The highest BCUT2D eigenvalue weighted by Crippen LogP contribution is 2.50. The molecule has 2 aliphatic heterocycles. The molecular formula is C22H32BN3O4. The number of nitrogens with zero attached hydrogens (tertiary/aromatic N) is 2. The molecule has 0 unspecified atom stereocenters. The van der Waals surface area contributed by atoms with E-state index in [1.165, 1.54) is 0 Å².